The van der Waals surface area contributed by atoms with E-state index >= 15 is 0 Å². The summed E-state index contributed by atoms with van der Waals surface area (Å²) in [4.78, 5) is 12.4. The molecule has 1 aromatic rings. The Kier molecular flexibility index (Phi) is 6.17. The zero-order chi connectivity index (χ0) is 23.4. The molecule has 0 saturated heterocycles. The molecular formula is C26H42N4O3. The van der Waals surface area contributed by atoms with Crippen molar-refractivity contribution < 1.29 is 14.6 Å². The van der Waals surface area contributed by atoms with Crippen LogP contribution in [0.4, 0.5) is 0 Å². The van der Waals surface area contributed by atoms with E-state index in [1.165, 1.54) is 38.5 Å². The van der Waals surface area contributed by atoms with Crippen LogP contribution >= 0.6 is 0 Å². The minimum atomic E-state index is -0.179. The standard InChI is InChI=1S/C26H42N4O3/c1-15(5-8-21(31)24-27-29-30-28-24)18-6-7-19-23-20(10-12-26(18,19)3)25(2)11-9-17(33-4)13-16(25)14-22(23)32/h15-20,22-23,32H,5-14H2,1-4H3,(H,27,28,29,30)/t15-,16+,17-,18-,19+,20+,22+,23+,25+,26-/m1/s1. The average Bonchev–Trinajstić information content (AvgIpc) is 3.45. The van der Waals surface area contributed by atoms with Gasteiger partial charge in [0, 0.05) is 13.5 Å². The van der Waals surface area contributed by atoms with Crippen LogP contribution in [0.5, 0.6) is 0 Å². The molecule has 4 aliphatic rings. The SMILES string of the molecule is CO[C@@H]1CC[C@@]2(C)[C@@H](C1)C[C@H](O)[C@@H]1[C@@H]2CC[C@]2(C)[C@@H]([C@H](C)CCC(=O)c3nn[nH]n3)CC[C@@H]12. The van der Waals surface area contributed by atoms with Crippen LogP contribution in [0.3, 0.4) is 0 Å². The van der Waals surface area contributed by atoms with Gasteiger partial charge in [-0.05, 0) is 109 Å². The number of H-pyrrole nitrogens is 1. The highest BCUT2D eigenvalue weighted by molar-refractivity contribution is 5.92. The Morgan fingerprint density at radius 3 is 2.64 bits per heavy atom. The lowest BCUT2D eigenvalue weighted by atomic mass is 9.43. The van der Waals surface area contributed by atoms with Crippen molar-refractivity contribution in [2.45, 2.75) is 97.2 Å². The number of hydrogen-bond donors (Lipinski definition) is 2. The van der Waals surface area contributed by atoms with Gasteiger partial charge in [-0.3, -0.25) is 4.79 Å². The first-order valence-electron chi connectivity index (χ1n) is 13.3. The van der Waals surface area contributed by atoms with Gasteiger partial charge in [0.25, 0.3) is 0 Å². The monoisotopic (exact) mass is 458 g/mol. The van der Waals surface area contributed by atoms with Crippen molar-refractivity contribution in [3.8, 4) is 0 Å². The van der Waals surface area contributed by atoms with E-state index in [0.717, 1.165) is 19.3 Å². The molecule has 4 fully saturated rings. The molecule has 0 amide bonds. The molecule has 0 aromatic carbocycles. The molecule has 2 N–H and O–H groups in total. The second kappa shape index (κ2) is 8.71. The molecule has 184 valence electrons. The van der Waals surface area contributed by atoms with Crippen molar-refractivity contribution in [1.82, 2.24) is 20.6 Å². The summed E-state index contributed by atoms with van der Waals surface area (Å²) in [5.74, 6) is 3.53. The predicted octanol–water partition coefficient (Wildman–Crippen LogP) is 4.44. The van der Waals surface area contributed by atoms with E-state index < -0.39 is 0 Å². The van der Waals surface area contributed by atoms with Gasteiger partial charge >= 0.3 is 0 Å². The molecule has 1 heterocycles. The van der Waals surface area contributed by atoms with Crippen LogP contribution in [0.2, 0.25) is 0 Å². The first-order valence-corrected chi connectivity index (χ1v) is 13.3. The third kappa shape index (κ3) is 3.78. The highest BCUT2D eigenvalue weighted by Crippen LogP contribution is 2.68. The number of aromatic nitrogens is 4. The molecule has 0 aliphatic heterocycles. The number of Topliss-reactive ketones (excluding diaryl/α,β-unsaturated/α-hetero) is 1. The average molecular weight is 459 g/mol. The van der Waals surface area contributed by atoms with E-state index in [1.807, 2.05) is 7.11 Å². The topological polar surface area (TPSA) is 101 Å². The van der Waals surface area contributed by atoms with Crippen molar-refractivity contribution in [3.63, 3.8) is 0 Å². The molecule has 4 aliphatic carbocycles. The number of aromatic amines is 1. The first kappa shape index (κ1) is 23.4. The number of ketones is 1. The molecule has 33 heavy (non-hydrogen) atoms. The van der Waals surface area contributed by atoms with Crippen molar-refractivity contribution in [2.24, 2.45) is 46.3 Å². The number of nitrogens with one attached hydrogen (secondary N) is 1. The number of methoxy groups -OCH3 is 1. The van der Waals surface area contributed by atoms with E-state index in [0.29, 0.717) is 53.4 Å². The summed E-state index contributed by atoms with van der Waals surface area (Å²) in [6, 6.07) is 0. The maximum absolute atomic E-state index is 12.4. The summed E-state index contributed by atoms with van der Waals surface area (Å²) in [6.07, 6.45) is 11.0. The van der Waals surface area contributed by atoms with Gasteiger partial charge in [-0.25, -0.2) is 0 Å². The normalized spacial score (nSPS) is 45.7. The molecule has 0 unspecified atom stereocenters. The molecule has 0 spiro atoms. The van der Waals surface area contributed by atoms with Crippen LogP contribution in [0.1, 0.15) is 95.6 Å². The second-order valence-corrected chi connectivity index (χ2v) is 12.3. The third-order valence-corrected chi connectivity index (χ3v) is 11.2. The van der Waals surface area contributed by atoms with Gasteiger partial charge in [0.1, 0.15) is 0 Å². The number of hydrogen-bond acceptors (Lipinski definition) is 6. The van der Waals surface area contributed by atoms with Crippen LogP contribution in [-0.4, -0.2) is 50.8 Å². The van der Waals surface area contributed by atoms with Crippen LogP contribution < -0.4 is 0 Å². The Morgan fingerprint density at radius 1 is 1.15 bits per heavy atom. The summed E-state index contributed by atoms with van der Waals surface area (Å²) < 4.78 is 5.73. The molecular weight excluding hydrogens is 416 g/mol. The largest absolute Gasteiger partial charge is 0.393 e. The smallest absolute Gasteiger partial charge is 0.240 e. The van der Waals surface area contributed by atoms with E-state index in [4.69, 9.17) is 4.74 Å². The van der Waals surface area contributed by atoms with Gasteiger partial charge < -0.3 is 9.84 Å². The molecule has 4 saturated carbocycles. The fraction of sp³-hybridized carbons (Fsp3) is 0.923. The van der Waals surface area contributed by atoms with Crippen molar-refractivity contribution in [1.29, 1.82) is 0 Å². The Bertz CT molecular complexity index is 847. The van der Waals surface area contributed by atoms with E-state index in [9.17, 15) is 9.90 Å². The minimum Gasteiger partial charge on any atom is -0.393 e. The summed E-state index contributed by atoms with van der Waals surface area (Å²) in [6.45, 7) is 7.37. The lowest BCUT2D eigenvalue weighted by molar-refractivity contribution is -0.176. The maximum Gasteiger partial charge on any atom is 0.240 e. The quantitative estimate of drug-likeness (QED) is 0.611. The van der Waals surface area contributed by atoms with Crippen molar-refractivity contribution in [3.05, 3.63) is 5.82 Å². The van der Waals surface area contributed by atoms with Gasteiger partial charge in [-0.1, -0.05) is 20.8 Å². The number of ether oxygens (including phenoxy) is 1. The highest BCUT2D eigenvalue weighted by atomic mass is 16.5. The lowest BCUT2D eigenvalue weighted by Gasteiger charge is -2.62. The molecule has 7 heteroatoms. The summed E-state index contributed by atoms with van der Waals surface area (Å²) >= 11 is 0. The van der Waals surface area contributed by atoms with Crippen LogP contribution in [0, 0.1) is 46.3 Å². The number of carbonyl (C=O) groups is 1. The fourth-order valence-corrected chi connectivity index (χ4v) is 9.32. The van der Waals surface area contributed by atoms with Gasteiger partial charge in [0.2, 0.25) is 11.6 Å². The van der Waals surface area contributed by atoms with E-state index in [-0.39, 0.29) is 23.1 Å². The minimum absolute atomic E-state index is 0.0210. The second-order valence-electron chi connectivity index (χ2n) is 12.3. The number of tetrazole rings is 1. The Morgan fingerprint density at radius 2 is 1.91 bits per heavy atom. The molecule has 1 aromatic heterocycles. The van der Waals surface area contributed by atoms with E-state index in [1.54, 1.807) is 0 Å². The first-order chi connectivity index (χ1) is 15.8. The highest BCUT2D eigenvalue weighted by Gasteiger charge is 2.62. The Balaban J connectivity index is 1.29. The van der Waals surface area contributed by atoms with Crippen LogP contribution in [-0.2, 0) is 4.74 Å². The van der Waals surface area contributed by atoms with Crippen molar-refractivity contribution >= 4 is 5.78 Å². The van der Waals surface area contributed by atoms with E-state index in [2.05, 4.69) is 41.4 Å². The number of carbonyl (C=O) groups excluding carboxylic acids is 1. The van der Waals surface area contributed by atoms with Gasteiger partial charge in [0.05, 0.1) is 12.2 Å². The zero-order valence-corrected chi connectivity index (χ0v) is 20.8. The number of rotatable bonds is 6. The number of aliphatic hydroxyl groups is 1. The predicted molar refractivity (Wildman–Crippen MR) is 124 cm³/mol. The molecule has 0 radical (unpaired) electrons. The third-order valence-electron chi connectivity index (χ3n) is 11.2. The van der Waals surface area contributed by atoms with Crippen molar-refractivity contribution in [2.75, 3.05) is 7.11 Å². The number of aliphatic hydroxyl groups excluding tert-OH is 1. The molecule has 5 rings (SSSR count). The fourth-order valence-electron chi connectivity index (χ4n) is 9.32. The maximum atomic E-state index is 12.4. The zero-order valence-electron chi connectivity index (χ0n) is 20.8. The van der Waals surface area contributed by atoms with Gasteiger partial charge in [-0.15, -0.1) is 10.2 Å². The van der Waals surface area contributed by atoms with Crippen LogP contribution in [0.15, 0.2) is 0 Å². The van der Waals surface area contributed by atoms with Gasteiger partial charge in [-0.2, -0.15) is 5.21 Å². The summed E-state index contributed by atoms with van der Waals surface area (Å²) in [5.41, 5.74) is 0.616. The Hall–Kier alpha value is -1.34. The molecule has 10 atom stereocenters. The number of nitrogens with zero attached hydrogens (tertiary/aromatic N) is 3. The molecule has 0 bridgehead atoms. The van der Waals surface area contributed by atoms with Crippen LogP contribution in [0.25, 0.3) is 0 Å². The Labute approximate surface area is 197 Å². The number of fused-ring (bicyclic) bond motifs is 5. The summed E-state index contributed by atoms with van der Waals surface area (Å²) in [5, 5.41) is 25.0. The van der Waals surface area contributed by atoms with Gasteiger partial charge in [0.15, 0.2) is 0 Å². The molecule has 7 nitrogen and oxygen atoms in total. The lowest BCUT2D eigenvalue weighted by Crippen LogP contribution is -2.58. The summed E-state index contributed by atoms with van der Waals surface area (Å²) in [7, 11) is 1.84.